The molecule has 1 heterocycles. The predicted molar refractivity (Wildman–Crippen MR) is 128 cm³/mol. The van der Waals surface area contributed by atoms with Gasteiger partial charge < -0.3 is 15.5 Å². The molecule has 0 aliphatic carbocycles. The van der Waals surface area contributed by atoms with Gasteiger partial charge in [0.25, 0.3) is 0 Å². The van der Waals surface area contributed by atoms with Crippen molar-refractivity contribution in [1.82, 2.24) is 15.5 Å². The number of aliphatic imine (C=N–C) groups is 1. The molecule has 1 aliphatic heterocycles. The van der Waals surface area contributed by atoms with E-state index in [1.807, 2.05) is 24.3 Å². The number of hydrogen-bond donors (Lipinski definition) is 2. The fourth-order valence-electron chi connectivity index (χ4n) is 3.33. The molecule has 2 rings (SSSR count). The molecular weight excluding hydrogens is 487 g/mol. The fraction of sp³-hybridized carbons (Fsp3) is 0.650. The monoisotopic (exact) mass is 522 g/mol. The molecule has 28 heavy (non-hydrogen) atoms. The van der Waals surface area contributed by atoms with E-state index < -0.39 is 9.84 Å². The Hall–Kier alpha value is -0.870. The first-order valence-corrected chi connectivity index (χ1v) is 11.9. The van der Waals surface area contributed by atoms with E-state index in [2.05, 4.69) is 20.5 Å². The second-order valence-electron chi connectivity index (χ2n) is 7.35. The smallest absolute Gasteiger partial charge is 0.191 e. The van der Waals surface area contributed by atoms with Gasteiger partial charge in [-0.25, -0.2) is 8.42 Å². The summed E-state index contributed by atoms with van der Waals surface area (Å²) in [6.45, 7) is 5.19. The molecule has 0 radical (unpaired) electrons. The Morgan fingerprint density at radius 3 is 2.21 bits per heavy atom. The van der Waals surface area contributed by atoms with Crippen LogP contribution in [-0.4, -0.2) is 58.8 Å². The molecule has 1 aromatic carbocycles. The van der Waals surface area contributed by atoms with E-state index in [1.165, 1.54) is 45.0 Å². The van der Waals surface area contributed by atoms with Crippen molar-refractivity contribution in [2.45, 2.75) is 44.4 Å². The van der Waals surface area contributed by atoms with Gasteiger partial charge in [0.2, 0.25) is 0 Å². The van der Waals surface area contributed by atoms with Crippen LogP contribution in [0.4, 0.5) is 0 Å². The summed E-state index contributed by atoms with van der Waals surface area (Å²) in [5.41, 5.74) is 1.91. The average molecular weight is 522 g/mol. The number of benzene rings is 1. The minimum atomic E-state index is -2.99. The maximum atomic E-state index is 11.3. The van der Waals surface area contributed by atoms with Gasteiger partial charge >= 0.3 is 0 Å². The number of guanidine groups is 1. The Balaban J connectivity index is 0.00000392. The van der Waals surface area contributed by atoms with Crippen molar-refractivity contribution in [3.8, 4) is 0 Å². The molecule has 8 heteroatoms. The van der Waals surface area contributed by atoms with Crippen molar-refractivity contribution in [2.75, 3.05) is 39.5 Å². The maximum Gasteiger partial charge on any atom is 0.191 e. The van der Waals surface area contributed by atoms with Gasteiger partial charge in [0.05, 0.1) is 5.75 Å². The number of likely N-dealkylation sites (tertiary alicyclic amines) is 1. The number of nitrogens with one attached hydrogen (secondary N) is 2. The Morgan fingerprint density at radius 1 is 1.04 bits per heavy atom. The molecule has 2 N–H and O–H groups in total. The molecule has 0 bridgehead atoms. The number of sulfone groups is 1. The van der Waals surface area contributed by atoms with Crippen molar-refractivity contribution in [1.29, 1.82) is 0 Å². The predicted octanol–water partition coefficient (Wildman–Crippen LogP) is 2.78. The van der Waals surface area contributed by atoms with Crippen LogP contribution in [-0.2, 0) is 22.1 Å². The minimum absolute atomic E-state index is 0. The zero-order chi connectivity index (χ0) is 19.5. The van der Waals surface area contributed by atoms with E-state index >= 15 is 0 Å². The second kappa shape index (κ2) is 13.4. The zero-order valence-corrected chi connectivity index (χ0v) is 20.3. The largest absolute Gasteiger partial charge is 0.356 e. The second-order valence-corrected chi connectivity index (χ2v) is 9.49. The quantitative estimate of drug-likeness (QED) is 0.238. The third kappa shape index (κ3) is 10.6. The molecular formula is C20H35IN4O2S. The summed E-state index contributed by atoms with van der Waals surface area (Å²) in [5, 5.41) is 6.68. The zero-order valence-electron chi connectivity index (χ0n) is 17.1. The van der Waals surface area contributed by atoms with Crippen molar-refractivity contribution in [3.63, 3.8) is 0 Å². The van der Waals surface area contributed by atoms with Gasteiger partial charge in [0, 0.05) is 26.4 Å². The van der Waals surface area contributed by atoms with Gasteiger partial charge in [-0.3, -0.25) is 4.99 Å². The van der Waals surface area contributed by atoms with Crippen LogP contribution in [0.25, 0.3) is 0 Å². The van der Waals surface area contributed by atoms with E-state index in [1.54, 1.807) is 7.05 Å². The molecule has 0 spiro atoms. The van der Waals surface area contributed by atoms with Crippen LogP contribution in [0.2, 0.25) is 0 Å². The van der Waals surface area contributed by atoms with Crippen LogP contribution in [0.1, 0.15) is 43.2 Å². The summed E-state index contributed by atoms with van der Waals surface area (Å²) in [7, 11) is -1.21. The van der Waals surface area contributed by atoms with Gasteiger partial charge in [-0.05, 0) is 50.0 Å². The number of hydrogen-bond acceptors (Lipinski definition) is 4. The van der Waals surface area contributed by atoms with Crippen molar-refractivity contribution in [3.05, 3.63) is 35.4 Å². The summed E-state index contributed by atoms with van der Waals surface area (Å²) in [5.74, 6) is 0.882. The lowest BCUT2D eigenvalue weighted by Crippen LogP contribution is -2.38. The summed E-state index contributed by atoms with van der Waals surface area (Å²) in [4.78, 5) is 6.84. The van der Waals surface area contributed by atoms with E-state index in [9.17, 15) is 8.42 Å². The number of rotatable bonds is 8. The van der Waals surface area contributed by atoms with Crippen molar-refractivity contribution >= 4 is 39.8 Å². The van der Waals surface area contributed by atoms with Crippen LogP contribution >= 0.6 is 24.0 Å². The molecule has 0 aromatic heterocycles. The standard InChI is InChI=1S/C20H34N4O2S.HI/c1-21-20(22-12-7-15-24-13-5-3-4-6-14-24)23-16-18-8-10-19(11-9-18)17-27(2,25)26;/h8-11H,3-7,12-17H2,1-2H3,(H2,21,22,23);1H. The molecule has 1 saturated heterocycles. The van der Waals surface area contributed by atoms with Gasteiger partial charge in [0.1, 0.15) is 0 Å². The van der Waals surface area contributed by atoms with Crippen LogP contribution in [0.5, 0.6) is 0 Å². The Labute approximate surface area is 187 Å². The molecule has 1 aliphatic rings. The molecule has 6 nitrogen and oxygen atoms in total. The first-order valence-electron chi connectivity index (χ1n) is 9.89. The highest BCUT2D eigenvalue weighted by molar-refractivity contribution is 14.0. The van der Waals surface area contributed by atoms with Gasteiger partial charge in [-0.1, -0.05) is 37.1 Å². The molecule has 0 unspecified atom stereocenters. The summed E-state index contributed by atoms with van der Waals surface area (Å²) in [6.07, 6.45) is 7.78. The average Bonchev–Trinajstić information content (AvgIpc) is 2.90. The van der Waals surface area contributed by atoms with Gasteiger partial charge in [-0.15, -0.1) is 24.0 Å². The van der Waals surface area contributed by atoms with E-state index in [0.29, 0.717) is 6.54 Å². The third-order valence-electron chi connectivity index (χ3n) is 4.78. The summed E-state index contributed by atoms with van der Waals surface area (Å²) < 4.78 is 22.7. The molecule has 0 amide bonds. The lowest BCUT2D eigenvalue weighted by Gasteiger charge is -2.20. The lowest BCUT2D eigenvalue weighted by atomic mass is 10.1. The SMILES string of the molecule is CN=C(NCCCN1CCCCCC1)NCc1ccc(CS(C)(=O)=O)cc1.I. The van der Waals surface area contributed by atoms with E-state index in [-0.39, 0.29) is 29.7 Å². The molecule has 1 fully saturated rings. The van der Waals surface area contributed by atoms with Crippen molar-refractivity contribution in [2.24, 2.45) is 4.99 Å². The number of nitrogens with zero attached hydrogens (tertiary/aromatic N) is 2. The summed E-state index contributed by atoms with van der Waals surface area (Å²) >= 11 is 0. The third-order valence-corrected chi connectivity index (χ3v) is 5.64. The Kier molecular flexibility index (Phi) is 12.0. The normalized spacial score (nSPS) is 16.1. The Morgan fingerprint density at radius 2 is 1.64 bits per heavy atom. The first kappa shape index (κ1) is 25.2. The van der Waals surface area contributed by atoms with Crippen LogP contribution < -0.4 is 10.6 Å². The van der Waals surface area contributed by atoms with Gasteiger partial charge in [0.15, 0.2) is 15.8 Å². The van der Waals surface area contributed by atoms with E-state index in [4.69, 9.17) is 0 Å². The number of halogens is 1. The fourth-order valence-corrected chi connectivity index (χ4v) is 4.13. The van der Waals surface area contributed by atoms with Crippen molar-refractivity contribution < 1.29 is 8.42 Å². The molecule has 0 atom stereocenters. The topological polar surface area (TPSA) is 73.8 Å². The molecule has 160 valence electrons. The van der Waals surface area contributed by atoms with Gasteiger partial charge in [-0.2, -0.15) is 0 Å². The Bertz CT molecular complexity index is 685. The highest BCUT2D eigenvalue weighted by Crippen LogP contribution is 2.09. The highest BCUT2D eigenvalue weighted by Gasteiger charge is 2.08. The summed E-state index contributed by atoms with van der Waals surface area (Å²) in [6, 6.07) is 7.66. The maximum absolute atomic E-state index is 11.3. The van der Waals surface area contributed by atoms with Crippen LogP contribution in [0, 0.1) is 0 Å². The van der Waals surface area contributed by atoms with Crippen LogP contribution in [0.15, 0.2) is 29.3 Å². The van der Waals surface area contributed by atoms with E-state index in [0.717, 1.165) is 36.6 Å². The molecule has 0 saturated carbocycles. The highest BCUT2D eigenvalue weighted by atomic mass is 127. The minimum Gasteiger partial charge on any atom is -0.356 e. The lowest BCUT2D eigenvalue weighted by molar-refractivity contribution is 0.282. The first-order chi connectivity index (χ1) is 13.0. The molecule has 1 aromatic rings. The van der Waals surface area contributed by atoms with Crippen LogP contribution in [0.3, 0.4) is 0 Å².